The van der Waals surface area contributed by atoms with Crippen molar-refractivity contribution in [3.05, 3.63) is 24.3 Å². The molecule has 0 aromatic heterocycles. The molecule has 0 saturated heterocycles. The fourth-order valence-electron chi connectivity index (χ4n) is 3.97. The largest absolute Gasteiger partial charge is 0.373 e. The summed E-state index contributed by atoms with van der Waals surface area (Å²) in [5.41, 5.74) is 0. The zero-order valence-corrected chi connectivity index (χ0v) is 22.4. The van der Waals surface area contributed by atoms with Crippen LogP contribution < -0.4 is 0 Å². The summed E-state index contributed by atoms with van der Waals surface area (Å²) in [5, 5.41) is 8.62. The summed E-state index contributed by atoms with van der Waals surface area (Å²) in [6.07, 6.45) is 26.9. The average molecular weight is 475 g/mol. The van der Waals surface area contributed by atoms with Crippen molar-refractivity contribution in [3.63, 3.8) is 0 Å². The molecule has 0 aromatic rings. The molecule has 0 aliphatic heterocycles. The minimum absolute atomic E-state index is 0.0561. The van der Waals surface area contributed by atoms with E-state index in [9.17, 15) is 19.5 Å². The van der Waals surface area contributed by atoms with E-state index in [0.29, 0.717) is 10.9 Å². The number of aliphatic hydroxyl groups is 1. The molecule has 0 amide bonds. The summed E-state index contributed by atoms with van der Waals surface area (Å²) in [4.78, 5) is 19.2. The maximum absolute atomic E-state index is 11.8. The van der Waals surface area contributed by atoms with Gasteiger partial charge in [-0.25, -0.2) is 0 Å². The van der Waals surface area contributed by atoms with Crippen LogP contribution in [0.3, 0.4) is 0 Å². The van der Waals surface area contributed by atoms with Crippen LogP contribution in [0, 0.1) is 0 Å². The quantitative estimate of drug-likeness (QED) is 0.0729. The van der Waals surface area contributed by atoms with Crippen molar-refractivity contribution in [3.8, 4) is 0 Å². The number of unbranched alkanes of at least 4 members (excludes halogenated alkanes) is 12. The van der Waals surface area contributed by atoms with Crippen LogP contribution in [0.5, 0.6) is 0 Å². The second kappa shape index (κ2) is 18.0. The van der Waals surface area contributed by atoms with Crippen LogP contribution in [0.2, 0.25) is 0 Å². The number of hydrogen-bond donors (Lipinski definition) is 3. The number of nitrogens with zero attached hydrogens (tertiary/aromatic N) is 1. The topological polar surface area (TPSA) is 77.8 Å². The van der Waals surface area contributed by atoms with E-state index in [1.807, 2.05) is 21.1 Å². The lowest BCUT2D eigenvalue weighted by atomic mass is 10.0. The molecule has 0 spiro atoms. The Hall–Kier alpha value is -0.450. The molecule has 0 radical (unpaired) electrons. The minimum Gasteiger partial charge on any atom is -0.373 e. The molecule has 0 fully saturated rings. The van der Waals surface area contributed by atoms with E-state index in [-0.39, 0.29) is 13.0 Å². The van der Waals surface area contributed by atoms with E-state index in [1.54, 1.807) is 0 Å². The molecular formula is C26H53NO4P+. The van der Waals surface area contributed by atoms with Gasteiger partial charge in [-0.2, -0.15) is 0 Å². The zero-order valence-electron chi connectivity index (χ0n) is 21.5. The summed E-state index contributed by atoms with van der Waals surface area (Å²) < 4.78 is 12.1. The first-order valence-corrected chi connectivity index (χ1v) is 14.5. The number of rotatable bonds is 21. The van der Waals surface area contributed by atoms with E-state index in [0.717, 1.165) is 25.7 Å². The molecule has 0 rings (SSSR count). The van der Waals surface area contributed by atoms with Crippen molar-refractivity contribution in [1.82, 2.24) is 0 Å². The highest BCUT2D eigenvalue weighted by molar-refractivity contribution is 7.53. The lowest BCUT2D eigenvalue weighted by Crippen LogP contribution is -2.49. The van der Waals surface area contributed by atoms with Crippen LogP contribution in [0.15, 0.2) is 24.3 Å². The molecule has 5 nitrogen and oxygen atoms in total. The first-order chi connectivity index (χ1) is 15.0. The Morgan fingerprint density at radius 1 is 0.688 bits per heavy atom. The number of likely N-dealkylation sites (N-methyl/N-ethyl adjacent to an activating group) is 1. The molecule has 32 heavy (non-hydrogen) atoms. The van der Waals surface area contributed by atoms with Gasteiger partial charge in [-0.15, -0.1) is 0 Å². The highest BCUT2D eigenvalue weighted by Gasteiger charge is 2.48. The van der Waals surface area contributed by atoms with E-state index in [4.69, 9.17) is 0 Å². The van der Waals surface area contributed by atoms with Crippen molar-refractivity contribution in [1.29, 1.82) is 0 Å². The van der Waals surface area contributed by atoms with Crippen LogP contribution in [-0.2, 0) is 4.57 Å². The summed E-state index contributed by atoms with van der Waals surface area (Å²) in [5.74, 6) is 0. The van der Waals surface area contributed by atoms with E-state index < -0.39 is 12.9 Å². The summed E-state index contributed by atoms with van der Waals surface area (Å²) in [7, 11) is 0.963. The first-order valence-electron chi connectivity index (χ1n) is 12.9. The number of hydrogen-bond acceptors (Lipinski definition) is 2. The second-order valence-electron chi connectivity index (χ2n) is 10.4. The van der Waals surface area contributed by atoms with Crippen LogP contribution in [0.4, 0.5) is 0 Å². The highest BCUT2D eigenvalue weighted by Crippen LogP contribution is 2.52. The van der Waals surface area contributed by atoms with Gasteiger partial charge in [0, 0.05) is 0 Å². The highest BCUT2D eigenvalue weighted by atomic mass is 31.2. The van der Waals surface area contributed by atoms with Crippen molar-refractivity contribution < 1.29 is 23.9 Å². The van der Waals surface area contributed by atoms with Crippen LogP contribution >= 0.6 is 7.60 Å². The Labute approximate surface area is 198 Å². The van der Waals surface area contributed by atoms with Crippen LogP contribution in [0.1, 0.15) is 110 Å². The molecule has 1 atom stereocenters. The fourth-order valence-corrected chi connectivity index (χ4v) is 5.03. The molecule has 190 valence electrons. The lowest BCUT2D eigenvalue weighted by molar-refractivity contribution is -0.875. The van der Waals surface area contributed by atoms with E-state index in [1.165, 1.54) is 64.2 Å². The third kappa shape index (κ3) is 18.0. The number of quaternary nitrogens is 1. The lowest BCUT2D eigenvalue weighted by Gasteiger charge is -2.35. The van der Waals surface area contributed by atoms with Gasteiger partial charge in [0.05, 0.1) is 21.1 Å². The zero-order chi connectivity index (χ0) is 24.3. The Morgan fingerprint density at radius 3 is 1.53 bits per heavy atom. The van der Waals surface area contributed by atoms with Gasteiger partial charge in [0.2, 0.25) is 5.34 Å². The molecule has 6 heteroatoms. The minimum atomic E-state index is -4.55. The van der Waals surface area contributed by atoms with Gasteiger partial charge < -0.3 is 19.4 Å². The Balaban J connectivity index is 3.66. The molecule has 0 aromatic carbocycles. The second-order valence-corrected chi connectivity index (χ2v) is 12.3. The molecule has 0 saturated carbocycles. The van der Waals surface area contributed by atoms with E-state index >= 15 is 0 Å². The normalized spacial score (nSPS) is 15.1. The average Bonchev–Trinajstić information content (AvgIpc) is 2.67. The smallest absolute Gasteiger partial charge is 0.362 e. The molecule has 0 aliphatic carbocycles. The van der Waals surface area contributed by atoms with Gasteiger partial charge in [0.25, 0.3) is 0 Å². The summed E-state index contributed by atoms with van der Waals surface area (Å²) in [6.45, 7) is 2.30. The predicted molar refractivity (Wildman–Crippen MR) is 138 cm³/mol. The predicted octanol–water partition coefficient (Wildman–Crippen LogP) is 6.93. The van der Waals surface area contributed by atoms with Gasteiger partial charge in [-0.05, 0) is 57.8 Å². The van der Waals surface area contributed by atoms with Crippen molar-refractivity contribution in [2.24, 2.45) is 0 Å². The van der Waals surface area contributed by atoms with Gasteiger partial charge in [0.15, 0.2) is 0 Å². The number of allylic oxidation sites excluding steroid dienone is 4. The van der Waals surface area contributed by atoms with Gasteiger partial charge in [0.1, 0.15) is 6.54 Å². The van der Waals surface area contributed by atoms with Crippen molar-refractivity contribution in [2.75, 3.05) is 27.7 Å². The standard InChI is InChI=1S/C26H52NO4P/c1-5-6-7-8-9-10-11-12-13-14-15-16-17-18-19-20-21-22-23-24-26(28,32(29,30)31)25-27(2,3)4/h9-10,14-15,28H,5-8,11-13,16-25H2,1-4H3,(H-,29,30,31)/p+1/b10-9-,15-14-. The monoisotopic (exact) mass is 474 g/mol. The Bertz CT molecular complexity index is 551. The third-order valence-electron chi connectivity index (χ3n) is 5.77. The maximum atomic E-state index is 11.8. The van der Waals surface area contributed by atoms with Crippen LogP contribution in [0.25, 0.3) is 0 Å². The first kappa shape index (κ1) is 31.6. The van der Waals surface area contributed by atoms with Gasteiger partial charge in [-0.1, -0.05) is 76.2 Å². The van der Waals surface area contributed by atoms with Gasteiger partial charge in [-0.3, -0.25) is 4.57 Å². The van der Waals surface area contributed by atoms with Crippen molar-refractivity contribution >= 4 is 7.60 Å². The fraction of sp³-hybridized carbons (Fsp3) is 0.846. The Kier molecular flexibility index (Phi) is 17.7. The Morgan fingerprint density at radius 2 is 1.09 bits per heavy atom. The SMILES string of the molecule is CCCCC/C=C\CCC/C=C\CCCCCCCCCC(O)(C[N+](C)(C)C)P(=O)(O)O. The molecule has 0 aliphatic rings. The van der Waals surface area contributed by atoms with E-state index in [2.05, 4.69) is 31.2 Å². The van der Waals surface area contributed by atoms with Gasteiger partial charge >= 0.3 is 7.60 Å². The molecular weight excluding hydrogens is 421 g/mol. The summed E-state index contributed by atoms with van der Waals surface area (Å²) >= 11 is 0. The molecule has 0 bridgehead atoms. The van der Waals surface area contributed by atoms with Crippen molar-refractivity contribution in [2.45, 2.75) is 115 Å². The molecule has 1 unspecified atom stereocenters. The maximum Gasteiger partial charge on any atom is 0.362 e. The summed E-state index contributed by atoms with van der Waals surface area (Å²) in [6, 6.07) is 0. The molecule has 0 heterocycles. The molecule has 3 N–H and O–H groups in total. The van der Waals surface area contributed by atoms with Crippen LogP contribution in [-0.4, -0.2) is 52.4 Å². The third-order valence-corrected chi connectivity index (χ3v) is 7.22.